The summed E-state index contributed by atoms with van der Waals surface area (Å²) in [6.07, 6.45) is 1.78. The summed E-state index contributed by atoms with van der Waals surface area (Å²) >= 11 is 0. The Morgan fingerprint density at radius 3 is 2.44 bits per heavy atom. The van der Waals surface area contributed by atoms with E-state index in [1.165, 1.54) is 14.2 Å². The van der Waals surface area contributed by atoms with Crippen molar-refractivity contribution in [2.45, 2.75) is 32.1 Å². The molecular formula is C11H16O5. The largest absolute Gasteiger partial charge is 0.469 e. The number of rotatable bonds is 4. The minimum Gasteiger partial charge on any atom is -0.469 e. The second-order valence-electron chi connectivity index (χ2n) is 3.93. The second kappa shape index (κ2) is 5.09. The average molecular weight is 228 g/mol. The Labute approximate surface area is 94.1 Å². The molecule has 0 amide bonds. The van der Waals surface area contributed by atoms with Crippen LogP contribution >= 0.6 is 0 Å². The lowest BCUT2D eigenvalue weighted by Gasteiger charge is -2.23. The number of hydrogen-bond donors (Lipinski definition) is 0. The maximum absolute atomic E-state index is 11.7. The molecule has 1 saturated carbocycles. The van der Waals surface area contributed by atoms with Crippen molar-refractivity contribution in [3.63, 3.8) is 0 Å². The van der Waals surface area contributed by atoms with Gasteiger partial charge in [-0.2, -0.15) is 0 Å². The molecule has 0 N–H and O–H groups in total. The van der Waals surface area contributed by atoms with E-state index >= 15 is 0 Å². The van der Waals surface area contributed by atoms with Crippen molar-refractivity contribution in [2.24, 2.45) is 5.41 Å². The molecule has 0 bridgehead atoms. The smallest absolute Gasteiger partial charge is 0.319 e. The molecule has 16 heavy (non-hydrogen) atoms. The van der Waals surface area contributed by atoms with Gasteiger partial charge in [-0.1, -0.05) is 0 Å². The average Bonchev–Trinajstić information content (AvgIpc) is 2.67. The Kier molecular flexibility index (Phi) is 4.04. The molecule has 0 radical (unpaired) electrons. The van der Waals surface area contributed by atoms with E-state index in [2.05, 4.69) is 9.47 Å². The predicted octanol–water partition coefficient (Wildman–Crippen LogP) is 0.852. The van der Waals surface area contributed by atoms with Crippen LogP contribution in [-0.2, 0) is 23.9 Å². The summed E-state index contributed by atoms with van der Waals surface area (Å²) in [4.78, 5) is 34.4. The van der Waals surface area contributed by atoms with Crippen molar-refractivity contribution in [3.8, 4) is 0 Å². The normalized spacial score (nSPS) is 24.2. The number of methoxy groups -OCH3 is 2. The summed E-state index contributed by atoms with van der Waals surface area (Å²) in [6.45, 7) is 0. The second-order valence-corrected chi connectivity index (χ2v) is 3.93. The van der Waals surface area contributed by atoms with E-state index in [0.29, 0.717) is 19.3 Å². The first-order chi connectivity index (χ1) is 7.56. The van der Waals surface area contributed by atoms with Crippen molar-refractivity contribution < 1.29 is 23.9 Å². The molecule has 1 rings (SSSR count). The van der Waals surface area contributed by atoms with Crippen molar-refractivity contribution >= 4 is 17.7 Å². The molecule has 1 unspecified atom stereocenters. The van der Waals surface area contributed by atoms with Crippen LogP contribution in [0.25, 0.3) is 0 Å². The Bertz CT molecular complexity index is 309. The summed E-state index contributed by atoms with van der Waals surface area (Å²) in [5.74, 6) is -1.06. The highest BCUT2D eigenvalue weighted by molar-refractivity contribution is 6.05. The predicted molar refractivity (Wildman–Crippen MR) is 54.6 cm³/mol. The third-order valence-corrected chi connectivity index (χ3v) is 3.10. The van der Waals surface area contributed by atoms with Crippen molar-refractivity contribution in [3.05, 3.63) is 0 Å². The van der Waals surface area contributed by atoms with Gasteiger partial charge in [0.15, 0.2) is 0 Å². The first kappa shape index (κ1) is 12.7. The summed E-state index contributed by atoms with van der Waals surface area (Å²) < 4.78 is 9.16. The fourth-order valence-corrected chi connectivity index (χ4v) is 2.12. The molecule has 0 aromatic carbocycles. The van der Waals surface area contributed by atoms with Crippen LogP contribution in [0.15, 0.2) is 0 Å². The third-order valence-electron chi connectivity index (χ3n) is 3.10. The van der Waals surface area contributed by atoms with Gasteiger partial charge in [0, 0.05) is 12.8 Å². The van der Waals surface area contributed by atoms with Crippen molar-refractivity contribution in [1.82, 2.24) is 0 Å². The first-order valence-corrected chi connectivity index (χ1v) is 5.25. The van der Waals surface area contributed by atoms with Crippen LogP contribution in [0.3, 0.4) is 0 Å². The fraction of sp³-hybridized carbons (Fsp3) is 0.727. The first-order valence-electron chi connectivity index (χ1n) is 5.25. The highest BCUT2D eigenvalue weighted by Crippen LogP contribution is 2.40. The molecule has 0 saturated heterocycles. The van der Waals surface area contributed by atoms with Crippen molar-refractivity contribution in [1.29, 1.82) is 0 Å². The van der Waals surface area contributed by atoms with Crippen LogP contribution in [0.4, 0.5) is 0 Å². The Morgan fingerprint density at radius 1 is 1.31 bits per heavy atom. The van der Waals surface area contributed by atoms with Gasteiger partial charge in [0.1, 0.15) is 11.2 Å². The molecule has 0 aliphatic heterocycles. The molecule has 0 aromatic heterocycles. The fourth-order valence-electron chi connectivity index (χ4n) is 2.12. The molecule has 0 aromatic rings. The number of carbonyl (C=O) groups excluding carboxylic acids is 3. The van der Waals surface area contributed by atoms with Crippen LogP contribution in [0.1, 0.15) is 32.1 Å². The Morgan fingerprint density at radius 2 is 2.00 bits per heavy atom. The lowest BCUT2D eigenvalue weighted by atomic mass is 9.80. The van der Waals surface area contributed by atoms with Crippen LogP contribution in [0.5, 0.6) is 0 Å². The zero-order valence-corrected chi connectivity index (χ0v) is 9.58. The number of hydrogen-bond acceptors (Lipinski definition) is 5. The Balaban J connectivity index is 2.76. The van der Waals surface area contributed by atoms with Gasteiger partial charge in [0.2, 0.25) is 0 Å². The molecule has 1 fully saturated rings. The maximum Gasteiger partial charge on any atom is 0.319 e. The molecule has 0 heterocycles. The van der Waals surface area contributed by atoms with E-state index in [1.807, 2.05) is 0 Å². The van der Waals surface area contributed by atoms with Gasteiger partial charge in [-0.3, -0.25) is 14.4 Å². The minimum atomic E-state index is -1.11. The summed E-state index contributed by atoms with van der Waals surface area (Å²) in [6, 6.07) is 0. The molecule has 5 heteroatoms. The van der Waals surface area contributed by atoms with E-state index in [1.54, 1.807) is 0 Å². The number of ketones is 1. The van der Waals surface area contributed by atoms with E-state index in [0.717, 1.165) is 0 Å². The molecule has 0 spiro atoms. The van der Waals surface area contributed by atoms with Crippen LogP contribution < -0.4 is 0 Å². The van der Waals surface area contributed by atoms with Gasteiger partial charge in [-0.25, -0.2) is 0 Å². The van der Waals surface area contributed by atoms with Gasteiger partial charge >= 0.3 is 11.9 Å². The summed E-state index contributed by atoms with van der Waals surface area (Å²) in [5.41, 5.74) is -1.11. The van der Waals surface area contributed by atoms with E-state index in [9.17, 15) is 14.4 Å². The minimum absolute atomic E-state index is 0.0668. The van der Waals surface area contributed by atoms with Gasteiger partial charge in [-0.15, -0.1) is 0 Å². The molecule has 1 aliphatic rings. The zero-order chi connectivity index (χ0) is 12.2. The molecular weight excluding hydrogens is 212 g/mol. The molecule has 1 atom stereocenters. The van der Waals surface area contributed by atoms with Gasteiger partial charge in [0.05, 0.1) is 14.2 Å². The van der Waals surface area contributed by atoms with Gasteiger partial charge < -0.3 is 9.47 Å². The lowest BCUT2D eigenvalue weighted by Crippen LogP contribution is -2.36. The van der Waals surface area contributed by atoms with Crippen LogP contribution in [0, 0.1) is 5.41 Å². The summed E-state index contributed by atoms with van der Waals surface area (Å²) in [7, 11) is 2.54. The topological polar surface area (TPSA) is 69.7 Å². The van der Waals surface area contributed by atoms with Gasteiger partial charge in [-0.05, 0) is 19.3 Å². The highest BCUT2D eigenvalue weighted by Gasteiger charge is 2.49. The molecule has 90 valence electrons. The van der Waals surface area contributed by atoms with Crippen molar-refractivity contribution in [2.75, 3.05) is 14.2 Å². The number of Topliss-reactive ketones (excluding diaryl/α,β-unsaturated/α-hetero) is 1. The molecule has 1 aliphatic carbocycles. The molecule has 5 nitrogen and oxygen atoms in total. The highest BCUT2D eigenvalue weighted by atomic mass is 16.5. The number of ether oxygens (including phenoxy) is 2. The number of carbonyl (C=O) groups is 3. The van der Waals surface area contributed by atoms with E-state index < -0.39 is 17.4 Å². The standard InChI is InChI=1S/C11H16O5/c1-15-9(13)5-7-11(10(14)16-2)6-3-4-8(11)12/h3-7H2,1-2H3. The SMILES string of the molecule is COC(=O)CCC1(C(=O)OC)CCCC1=O. The summed E-state index contributed by atoms with van der Waals surface area (Å²) in [5, 5.41) is 0. The van der Waals surface area contributed by atoms with Gasteiger partial charge in [0.25, 0.3) is 0 Å². The third kappa shape index (κ3) is 2.23. The van der Waals surface area contributed by atoms with Crippen LogP contribution in [0.2, 0.25) is 0 Å². The van der Waals surface area contributed by atoms with E-state index in [-0.39, 0.29) is 18.6 Å². The number of esters is 2. The monoisotopic (exact) mass is 228 g/mol. The Hall–Kier alpha value is -1.39. The lowest BCUT2D eigenvalue weighted by molar-refractivity contribution is -0.157. The van der Waals surface area contributed by atoms with E-state index in [4.69, 9.17) is 0 Å². The maximum atomic E-state index is 11.7. The zero-order valence-electron chi connectivity index (χ0n) is 9.58. The van der Waals surface area contributed by atoms with Crippen LogP contribution in [-0.4, -0.2) is 31.9 Å². The quantitative estimate of drug-likeness (QED) is 0.527.